The molecule has 0 aliphatic carbocycles. The highest BCUT2D eigenvalue weighted by Gasteiger charge is 2.23. The molecule has 8 nitrogen and oxygen atoms in total. The van der Waals surface area contributed by atoms with Gasteiger partial charge in [-0.05, 0) is 37.3 Å². The van der Waals surface area contributed by atoms with Crippen molar-refractivity contribution >= 4 is 21.6 Å². The van der Waals surface area contributed by atoms with Gasteiger partial charge in [-0.3, -0.25) is 4.79 Å². The number of amides is 1. The predicted octanol–water partition coefficient (Wildman–Crippen LogP) is 1.25. The molecule has 1 fully saturated rings. The summed E-state index contributed by atoms with van der Waals surface area (Å²) in [6, 6.07) is 7.45. The third kappa shape index (κ3) is 4.06. The summed E-state index contributed by atoms with van der Waals surface area (Å²) < 4.78 is 34.0. The number of furan rings is 1. The first-order valence-electron chi connectivity index (χ1n) is 8.20. The van der Waals surface area contributed by atoms with Crippen LogP contribution in [0, 0.1) is 0 Å². The number of nitrogens with one attached hydrogen (secondary N) is 1. The molecule has 26 heavy (non-hydrogen) atoms. The van der Waals surface area contributed by atoms with Gasteiger partial charge in [0.05, 0.1) is 36.0 Å². The number of nitrogens with zero attached hydrogens (tertiary/aromatic N) is 1. The molecule has 1 aromatic heterocycles. The van der Waals surface area contributed by atoms with E-state index in [0.29, 0.717) is 37.8 Å². The van der Waals surface area contributed by atoms with Crippen molar-refractivity contribution in [3.8, 4) is 0 Å². The number of carbonyl (C=O) groups is 1. The summed E-state index contributed by atoms with van der Waals surface area (Å²) in [5, 5.41) is 8.06. The highest BCUT2D eigenvalue weighted by molar-refractivity contribution is 7.89. The number of sulfonamides is 1. The van der Waals surface area contributed by atoms with Crippen LogP contribution in [0.4, 0.5) is 5.69 Å². The molecule has 1 aliphatic rings. The van der Waals surface area contributed by atoms with E-state index in [2.05, 4.69) is 5.32 Å². The third-order valence-corrected chi connectivity index (χ3v) is 5.12. The fraction of sp³-hybridized carbons (Fsp3) is 0.353. The van der Waals surface area contributed by atoms with Crippen molar-refractivity contribution in [3.05, 3.63) is 47.9 Å². The van der Waals surface area contributed by atoms with Crippen LogP contribution in [0.2, 0.25) is 0 Å². The van der Waals surface area contributed by atoms with E-state index >= 15 is 0 Å². The van der Waals surface area contributed by atoms with Crippen LogP contribution in [0.1, 0.15) is 29.1 Å². The molecule has 3 rings (SSSR count). The van der Waals surface area contributed by atoms with Gasteiger partial charge in [0, 0.05) is 18.8 Å². The second-order valence-corrected chi connectivity index (χ2v) is 7.60. The Bertz CT molecular complexity index is 874. The second kappa shape index (κ2) is 7.48. The number of carbonyl (C=O) groups excluding carboxylic acids is 1. The van der Waals surface area contributed by atoms with Crippen LogP contribution < -0.4 is 15.4 Å². The molecule has 3 N–H and O–H groups in total. The largest absolute Gasteiger partial charge is 0.467 e. The van der Waals surface area contributed by atoms with E-state index in [9.17, 15) is 13.2 Å². The lowest BCUT2D eigenvalue weighted by Crippen LogP contribution is -2.38. The van der Waals surface area contributed by atoms with Gasteiger partial charge in [0.25, 0.3) is 5.91 Å². The lowest BCUT2D eigenvalue weighted by atomic mass is 10.1. The number of morpholine rings is 1. The summed E-state index contributed by atoms with van der Waals surface area (Å²) in [5.74, 6) is 0.203. The fourth-order valence-electron chi connectivity index (χ4n) is 2.84. The minimum Gasteiger partial charge on any atom is -0.467 e. The number of benzene rings is 1. The van der Waals surface area contributed by atoms with E-state index in [0.717, 1.165) is 0 Å². The van der Waals surface area contributed by atoms with E-state index in [1.807, 2.05) is 4.90 Å². The summed E-state index contributed by atoms with van der Waals surface area (Å²) >= 11 is 0. The number of anilines is 1. The maximum Gasteiger partial charge on any atom is 0.254 e. The summed E-state index contributed by atoms with van der Waals surface area (Å²) in [6.45, 7) is 4.10. The number of primary sulfonamides is 1. The van der Waals surface area contributed by atoms with Gasteiger partial charge in [-0.2, -0.15) is 0 Å². The Morgan fingerprint density at radius 1 is 1.27 bits per heavy atom. The molecule has 0 unspecified atom stereocenters. The van der Waals surface area contributed by atoms with Crippen LogP contribution in [0.15, 0.2) is 45.9 Å². The summed E-state index contributed by atoms with van der Waals surface area (Å²) in [6.07, 6.45) is 1.53. The molecule has 1 saturated heterocycles. The standard InChI is InChI=1S/C17H21N3O5S/c1-12(16-3-2-8-25-16)19-17(21)14-11-13(26(18,22)23)4-5-15(14)20-6-9-24-10-7-20/h2-5,8,11-12H,6-7,9-10H2,1H3,(H,19,21)(H2,18,22,23)/t12-/m0/s1. The van der Waals surface area contributed by atoms with Crippen molar-refractivity contribution in [2.24, 2.45) is 5.14 Å². The molecule has 140 valence electrons. The quantitative estimate of drug-likeness (QED) is 0.808. The van der Waals surface area contributed by atoms with Crippen molar-refractivity contribution in [1.82, 2.24) is 5.32 Å². The van der Waals surface area contributed by atoms with Crippen molar-refractivity contribution in [3.63, 3.8) is 0 Å². The topological polar surface area (TPSA) is 115 Å². The minimum atomic E-state index is -3.92. The molecule has 0 bridgehead atoms. The Balaban J connectivity index is 1.94. The minimum absolute atomic E-state index is 0.106. The Hall–Kier alpha value is -2.36. The van der Waals surface area contributed by atoms with E-state index in [1.165, 1.54) is 18.4 Å². The van der Waals surface area contributed by atoms with Gasteiger partial charge in [0.2, 0.25) is 10.0 Å². The lowest BCUT2D eigenvalue weighted by molar-refractivity contribution is 0.0933. The number of hydrogen-bond donors (Lipinski definition) is 2. The van der Waals surface area contributed by atoms with Crippen LogP contribution in [0.3, 0.4) is 0 Å². The molecular weight excluding hydrogens is 358 g/mol. The van der Waals surface area contributed by atoms with E-state index in [-0.39, 0.29) is 16.5 Å². The second-order valence-electron chi connectivity index (χ2n) is 6.03. The van der Waals surface area contributed by atoms with Gasteiger partial charge in [0.15, 0.2) is 0 Å². The van der Waals surface area contributed by atoms with Crippen LogP contribution in [-0.4, -0.2) is 40.6 Å². The Morgan fingerprint density at radius 2 is 2.00 bits per heavy atom. The summed E-state index contributed by atoms with van der Waals surface area (Å²) in [7, 11) is -3.92. The Labute approximate surface area is 152 Å². The van der Waals surface area contributed by atoms with Crippen molar-refractivity contribution < 1.29 is 22.4 Å². The first-order chi connectivity index (χ1) is 12.4. The van der Waals surface area contributed by atoms with Crippen LogP contribution in [-0.2, 0) is 14.8 Å². The van der Waals surface area contributed by atoms with E-state index in [1.54, 1.807) is 25.1 Å². The van der Waals surface area contributed by atoms with Crippen molar-refractivity contribution in [2.45, 2.75) is 17.9 Å². The number of nitrogens with two attached hydrogens (primary N) is 1. The molecule has 2 heterocycles. The molecule has 0 radical (unpaired) electrons. The first-order valence-corrected chi connectivity index (χ1v) is 9.74. The molecule has 0 spiro atoms. The van der Waals surface area contributed by atoms with Crippen LogP contribution in [0.5, 0.6) is 0 Å². The zero-order chi connectivity index (χ0) is 18.7. The molecule has 1 amide bonds. The summed E-state index contributed by atoms with van der Waals surface area (Å²) in [4.78, 5) is 14.7. The van der Waals surface area contributed by atoms with E-state index < -0.39 is 15.9 Å². The average molecular weight is 379 g/mol. The molecule has 0 saturated carbocycles. The predicted molar refractivity (Wildman–Crippen MR) is 95.4 cm³/mol. The monoisotopic (exact) mass is 379 g/mol. The van der Waals surface area contributed by atoms with Crippen LogP contribution in [0.25, 0.3) is 0 Å². The zero-order valence-corrected chi connectivity index (χ0v) is 15.2. The smallest absolute Gasteiger partial charge is 0.254 e. The first kappa shape index (κ1) is 18.4. The normalized spacial score (nSPS) is 16.3. The van der Waals surface area contributed by atoms with Gasteiger partial charge < -0.3 is 19.4 Å². The molecule has 9 heteroatoms. The summed E-state index contributed by atoms with van der Waals surface area (Å²) in [5.41, 5.74) is 0.890. The average Bonchev–Trinajstić information content (AvgIpc) is 3.16. The molecule has 1 aromatic carbocycles. The number of hydrogen-bond acceptors (Lipinski definition) is 6. The molecule has 1 aliphatic heterocycles. The van der Waals surface area contributed by atoms with Crippen molar-refractivity contribution in [2.75, 3.05) is 31.2 Å². The van der Waals surface area contributed by atoms with Gasteiger partial charge in [-0.1, -0.05) is 0 Å². The fourth-order valence-corrected chi connectivity index (χ4v) is 3.38. The molecule has 1 atom stereocenters. The van der Waals surface area contributed by atoms with Gasteiger partial charge in [-0.15, -0.1) is 0 Å². The maximum atomic E-state index is 12.8. The lowest BCUT2D eigenvalue weighted by Gasteiger charge is -2.30. The highest BCUT2D eigenvalue weighted by atomic mass is 32.2. The highest BCUT2D eigenvalue weighted by Crippen LogP contribution is 2.26. The molecule has 2 aromatic rings. The van der Waals surface area contributed by atoms with Gasteiger partial charge >= 0.3 is 0 Å². The third-order valence-electron chi connectivity index (χ3n) is 4.21. The van der Waals surface area contributed by atoms with E-state index in [4.69, 9.17) is 14.3 Å². The van der Waals surface area contributed by atoms with Gasteiger partial charge in [0.1, 0.15) is 5.76 Å². The van der Waals surface area contributed by atoms with Crippen LogP contribution >= 0.6 is 0 Å². The molecular formula is C17H21N3O5S. The van der Waals surface area contributed by atoms with Gasteiger partial charge in [-0.25, -0.2) is 13.6 Å². The number of rotatable bonds is 5. The zero-order valence-electron chi connectivity index (χ0n) is 14.3. The number of ether oxygens (including phenoxy) is 1. The van der Waals surface area contributed by atoms with Crippen molar-refractivity contribution in [1.29, 1.82) is 0 Å². The Morgan fingerprint density at radius 3 is 2.62 bits per heavy atom. The maximum absolute atomic E-state index is 12.8. The SMILES string of the molecule is C[C@H](NC(=O)c1cc(S(N)(=O)=O)ccc1N1CCOCC1)c1ccco1. The Kier molecular flexibility index (Phi) is 5.30.